The maximum absolute atomic E-state index is 5.83. The zero-order valence-electron chi connectivity index (χ0n) is 10.2. The van der Waals surface area contributed by atoms with Crippen LogP contribution in [0.15, 0.2) is 22.7 Å². The van der Waals surface area contributed by atoms with Crippen molar-refractivity contribution < 1.29 is 0 Å². The molecule has 78 valence electrons. The number of rotatable bonds is 6. The van der Waals surface area contributed by atoms with Gasteiger partial charge in [0.1, 0.15) is 7.85 Å². The van der Waals surface area contributed by atoms with E-state index in [1.54, 1.807) is 0 Å². The lowest BCUT2D eigenvalue weighted by Crippen LogP contribution is -1.88. The fourth-order valence-electron chi connectivity index (χ4n) is 1.47. The second kappa shape index (κ2) is 7.90. The molecule has 0 amide bonds. The smallest absolute Gasteiger partial charge is 0.107 e. The van der Waals surface area contributed by atoms with Crippen molar-refractivity contribution in [3.8, 4) is 0 Å². The van der Waals surface area contributed by atoms with Gasteiger partial charge in [-0.15, -0.1) is 5.47 Å². The number of hydrogen-bond donors (Lipinski definition) is 0. The molecule has 0 nitrogen and oxygen atoms in total. The summed E-state index contributed by atoms with van der Waals surface area (Å²) in [6.07, 6.45) is 8.56. The molecule has 0 saturated carbocycles. The molecule has 0 aliphatic rings. The quantitative estimate of drug-likeness (QED) is 0.331. The number of unbranched alkanes of at least 4 members (excludes halogenated alkanes) is 3. The van der Waals surface area contributed by atoms with Crippen LogP contribution in [-0.4, -0.2) is 7.85 Å². The van der Waals surface area contributed by atoms with E-state index in [9.17, 15) is 0 Å². The Balaban J connectivity index is 4.02. The molecular formula is C13H23B. The van der Waals surface area contributed by atoms with E-state index >= 15 is 0 Å². The Kier molecular flexibility index (Phi) is 7.65. The third kappa shape index (κ3) is 7.00. The van der Waals surface area contributed by atoms with Crippen LogP contribution in [-0.2, 0) is 0 Å². The van der Waals surface area contributed by atoms with Gasteiger partial charge in [0, 0.05) is 0 Å². The van der Waals surface area contributed by atoms with E-state index in [2.05, 4.69) is 26.8 Å². The van der Waals surface area contributed by atoms with Crippen molar-refractivity contribution >= 4 is 7.85 Å². The molecule has 0 aromatic heterocycles. The van der Waals surface area contributed by atoms with Gasteiger partial charge in [0.05, 0.1) is 0 Å². The SMILES string of the molecule is [B]/C(C)=C(/C=C(C)C)CCCCCC. The van der Waals surface area contributed by atoms with Gasteiger partial charge < -0.3 is 0 Å². The molecule has 0 bridgehead atoms. The fraction of sp³-hybridized carbons (Fsp3) is 0.692. The van der Waals surface area contributed by atoms with E-state index in [4.69, 9.17) is 7.85 Å². The van der Waals surface area contributed by atoms with Crippen LogP contribution in [0.3, 0.4) is 0 Å². The minimum Gasteiger partial charge on any atom is -0.118 e. The highest BCUT2D eigenvalue weighted by Crippen LogP contribution is 2.15. The topological polar surface area (TPSA) is 0 Å². The average Bonchev–Trinajstić information content (AvgIpc) is 2.09. The van der Waals surface area contributed by atoms with Crippen molar-refractivity contribution in [3.05, 3.63) is 22.7 Å². The van der Waals surface area contributed by atoms with Gasteiger partial charge >= 0.3 is 0 Å². The Morgan fingerprint density at radius 2 is 1.71 bits per heavy atom. The van der Waals surface area contributed by atoms with Crippen LogP contribution in [0, 0.1) is 0 Å². The normalized spacial score (nSPS) is 12.3. The minimum atomic E-state index is 0.975. The first-order valence-electron chi connectivity index (χ1n) is 5.68. The van der Waals surface area contributed by atoms with Crippen LogP contribution in [0.1, 0.15) is 59.8 Å². The van der Waals surface area contributed by atoms with Gasteiger partial charge in [-0.1, -0.05) is 50.3 Å². The fourth-order valence-corrected chi connectivity index (χ4v) is 1.47. The van der Waals surface area contributed by atoms with Crippen molar-refractivity contribution in [1.29, 1.82) is 0 Å². The molecule has 0 heterocycles. The van der Waals surface area contributed by atoms with E-state index in [0.29, 0.717) is 0 Å². The largest absolute Gasteiger partial charge is 0.118 e. The Hall–Kier alpha value is -0.455. The van der Waals surface area contributed by atoms with Crippen molar-refractivity contribution in [3.63, 3.8) is 0 Å². The van der Waals surface area contributed by atoms with Crippen LogP contribution in [0.5, 0.6) is 0 Å². The monoisotopic (exact) mass is 190 g/mol. The summed E-state index contributed by atoms with van der Waals surface area (Å²) in [4.78, 5) is 0. The lowest BCUT2D eigenvalue weighted by molar-refractivity contribution is 0.667. The Bertz CT molecular complexity index is 203. The maximum atomic E-state index is 5.83. The van der Waals surface area contributed by atoms with Gasteiger partial charge in [-0.3, -0.25) is 0 Å². The number of allylic oxidation sites excluding steroid dienone is 4. The molecule has 0 spiro atoms. The summed E-state index contributed by atoms with van der Waals surface area (Å²) in [6, 6.07) is 0. The minimum absolute atomic E-state index is 0.975. The van der Waals surface area contributed by atoms with E-state index in [-0.39, 0.29) is 0 Å². The van der Waals surface area contributed by atoms with Gasteiger partial charge in [0.15, 0.2) is 0 Å². The van der Waals surface area contributed by atoms with Crippen molar-refractivity contribution in [2.45, 2.75) is 59.8 Å². The van der Waals surface area contributed by atoms with Crippen LogP contribution < -0.4 is 0 Å². The molecule has 0 atom stereocenters. The van der Waals surface area contributed by atoms with Crippen molar-refractivity contribution in [2.24, 2.45) is 0 Å². The first kappa shape index (κ1) is 13.5. The Labute approximate surface area is 90.9 Å². The molecular weight excluding hydrogens is 167 g/mol. The molecule has 0 fully saturated rings. The molecule has 0 saturated heterocycles. The van der Waals surface area contributed by atoms with Gasteiger partial charge in [0.2, 0.25) is 0 Å². The van der Waals surface area contributed by atoms with Crippen LogP contribution in [0.2, 0.25) is 0 Å². The van der Waals surface area contributed by atoms with Crippen molar-refractivity contribution in [2.75, 3.05) is 0 Å². The third-order valence-electron chi connectivity index (χ3n) is 2.27. The summed E-state index contributed by atoms with van der Waals surface area (Å²) in [7, 11) is 5.83. The summed E-state index contributed by atoms with van der Waals surface area (Å²) in [6.45, 7) is 8.47. The lowest BCUT2D eigenvalue weighted by Gasteiger charge is -2.06. The van der Waals surface area contributed by atoms with E-state index in [0.717, 1.165) is 11.9 Å². The molecule has 1 heteroatoms. The molecule has 2 radical (unpaired) electrons. The highest BCUT2D eigenvalue weighted by molar-refractivity contribution is 6.21. The highest BCUT2D eigenvalue weighted by Gasteiger charge is 1.96. The summed E-state index contributed by atoms with van der Waals surface area (Å²) < 4.78 is 0. The summed E-state index contributed by atoms with van der Waals surface area (Å²) >= 11 is 0. The van der Waals surface area contributed by atoms with Crippen LogP contribution in [0.25, 0.3) is 0 Å². The second-order valence-electron chi connectivity index (χ2n) is 4.24. The highest BCUT2D eigenvalue weighted by atomic mass is 14.0. The number of hydrogen-bond acceptors (Lipinski definition) is 0. The molecule has 0 aromatic carbocycles. The van der Waals surface area contributed by atoms with Gasteiger partial charge in [-0.2, -0.15) is 0 Å². The first-order valence-corrected chi connectivity index (χ1v) is 5.68. The molecule has 0 unspecified atom stereocenters. The maximum Gasteiger partial charge on any atom is 0.107 e. The molecule has 0 N–H and O–H groups in total. The molecule has 14 heavy (non-hydrogen) atoms. The lowest BCUT2D eigenvalue weighted by atomic mass is 9.88. The zero-order chi connectivity index (χ0) is 11.0. The second-order valence-corrected chi connectivity index (χ2v) is 4.24. The average molecular weight is 190 g/mol. The van der Waals surface area contributed by atoms with Gasteiger partial charge in [-0.05, 0) is 26.7 Å². The van der Waals surface area contributed by atoms with Crippen molar-refractivity contribution in [1.82, 2.24) is 0 Å². The Morgan fingerprint density at radius 3 is 2.14 bits per heavy atom. The van der Waals surface area contributed by atoms with Gasteiger partial charge in [-0.25, -0.2) is 0 Å². The Morgan fingerprint density at radius 1 is 1.07 bits per heavy atom. The molecule has 0 aliphatic carbocycles. The van der Waals surface area contributed by atoms with Crippen LogP contribution in [0.4, 0.5) is 0 Å². The van der Waals surface area contributed by atoms with Crippen LogP contribution >= 0.6 is 0 Å². The summed E-state index contributed by atoms with van der Waals surface area (Å²) in [5, 5.41) is 0. The molecule has 0 aliphatic heterocycles. The standard InChI is InChI=1S/C13H23B/c1-5-6-7-8-9-13(12(4)14)10-11(2)3/h10H,5-9H2,1-4H3/b13-12+. The summed E-state index contributed by atoms with van der Waals surface area (Å²) in [5.41, 5.74) is 3.63. The third-order valence-corrected chi connectivity index (χ3v) is 2.27. The zero-order valence-corrected chi connectivity index (χ0v) is 10.2. The van der Waals surface area contributed by atoms with E-state index < -0.39 is 0 Å². The molecule has 0 aromatic rings. The predicted octanol–water partition coefficient (Wildman–Crippen LogP) is 4.37. The molecule has 0 rings (SSSR count). The van der Waals surface area contributed by atoms with E-state index in [1.807, 2.05) is 6.92 Å². The predicted molar refractivity (Wildman–Crippen MR) is 66.6 cm³/mol. The van der Waals surface area contributed by atoms with Gasteiger partial charge in [0.25, 0.3) is 0 Å². The summed E-state index contributed by atoms with van der Waals surface area (Å²) in [5.74, 6) is 0. The van der Waals surface area contributed by atoms with E-state index in [1.165, 1.54) is 36.8 Å². The first-order chi connectivity index (χ1) is 6.57.